The van der Waals surface area contributed by atoms with Crippen molar-refractivity contribution in [2.24, 2.45) is 5.92 Å². The van der Waals surface area contributed by atoms with Crippen LogP contribution in [0.15, 0.2) is 12.1 Å². The van der Waals surface area contributed by atoms with Gasteiger partial charge in [-0.25, -0.2) is 0 Å². The first kappa shape index (κ1) is 13.3. The van der Waals surface area contributed by atoms with E-state index in [-0.39, 0.29) is 0 Å². The Bertz CT molecular complexity index is 389. The van der Waals surface area contributed by atoms with Crippen molar-refractivity contribution in [3.8, 4) is 5.75 Å². The van der Waals surface area contributed by atoms with E-state index in [9.17, 15) is 5.11 Å². The van der Waals surface area contributed by atoms with Crippen molar-refractivity contribution in [2.75, 3.05) is 26.7 Å². The summed E-state index contributed by atoms with van der Waals surface area (Å²) in [6, 6.07) is 3.57. The van der Waals surface area contributed by atoms with Crippen LogP contribution in [0, 0.1) is 12.8 Å². The molecular weight excluding hydrogens is 226 g/mol. The quantitative estimate of drug-likeness (QED) is 0.849. The van der Waals surface area contributed by atoms with E-state index in [1.165, 1.54) is 12.8 Å². The van der Waals surface area contributed by atoms with E-state index in [4.69, 9.17) is 0 Å². The van der Waals surface area contributed by atoms with Crippen molar-refractivity contribution in [1.29, 1.82) is 0 Å². The minimum atomic E-state index is 0.300. The zero-order valence-electron chi connectivity index (χ0n) is 11.3. The highest BCUT2D eigenvalue weighted by molar-refractivity contribution is 5.27. The largest absolute Gasteiger partial charge is 0.506 e. The van der Waals surface area contributed by atoms with Gasteiger partial charge >= 0.3 is 0 Å². The Morgan fingerprint density at radius 2 is 2.33 bits per heavy atom. The molecule has 2 heterocycles. The summed E-state index contributed by atoms with van der Waals surface area (Å²) >= 11 is 0. The summed E-state index contributed by atoms with van der Waals surface area (Å²) in [5.74, 6) is 1.02. The molecule has 1 saturated heterocycles. The van der Waals surface area contributed by atoms with Gasteiger partial charge in [0.2, 0.25) is 0 Å². The number of pyridine rings is 1. The Hall–Kier alpha value is -1.13. The van der Waals surface area contributed by atoms with Gasteiger partial charge in [-0.3, -0.25) is 4.98 Å². The number of aromatic nitrogens is 1. The number of nitrogens with zero attached hydrogens (tertiary/aromatic N) is 2. The Labute approximate surface area is 109 Å². The summed E-state index contributed by atoms with van der Waals surface area (Å²) in [6.45, 7) is 5.98. The molecule has 0 aromatic carbocycles. The van der Waals surface area contributed by atoms with Crippen molar-refractivity contribution < 1.29 is 5.11 Å². The Kier molecular flexibility index (Phi) is 4.55. The lowest BCUT2D eigenvalue weighted by molar-refractivity contribution is 0.233. The van der Waals surface area contributed by atoms with Gasteiger partial charge in [0.25, 0.3) is 0 Å². The predicted molar refractivity (Wildman–Crippen MR) is 72.6 cm³/mol. The summed E-state index contributed by atoms with van der Waals surface area (Å²) in [7, 11) is 2.10. The van der Waals surface area contributed by atoms with Crippen LogP contribution < -0.4 is 5.32 Å². The van der Waals surface area contributed by atoms with Gasteiger partial charge in [-0.2, -0.15) is 0 Å². The zero-order chi connectivity index (χ0) is 13.0. The zero-order valence-corrected chi connectivity index (χ0v) is 11.3. The van der Waals surface area contributed by atoms with Crippen LogP contribution in [0.1, 0.15) is 24.2 Å². The Morgan fingerprint density at radius 3 is 3.06 bits per heavy atom. The van der Waals surface area contributed by atoms with E-state index in [0.717, 1.165) is 36.9 Å². The highest BCUT2D eigenvalue weighted by atomic mass is 16.3. The minimum absolute atomic E-state index is 0.300. The standard InChI is InChI=1S/C14H23N3O/c1-11-5-6-14(18)13(16-11)10-17(2)9-12-4-3-7-15-8-12/h5-6,12,15,18H,3-4,7-10H2,1-2H3. The van der Waals surface area contributed by atoms with E-state index >= 15 is 0 Å². The maximum absolute atomic E-state index is 9.79. The summed E-state index contributed by atoms with van der Waals surface area (Å²) in [4.78, 5) is 6.65. The van der Waals surface area contributed by atoms with Gasteiger partial charge in [0.1, 0.15) is 5.75 Å². The molecule has 0 spiro atoms. The first-order valence-corrected chi connectivity index (χ1v) is 6.70. The van der Waals surface area contributed by atoms with Gasteiger partial charge in [-0.1, -0.05) is 0 Å². The molecule has 2 N–H and O–H groups in total. The second-order valence-electron chi connectivity index (χ2n) is 5.33. The van der Waals surface area contributed by atoms with Crippen LogP contribution in [-0.2, 0) is 6.54 Å². The van der Waals surface area contributed by atoms with Crippen LogP contribution in [0.25, 0.3) is 0 Å². The molecule has 4 heteroatoms. The van der Waals surface area contributed by atoms with Gasteiger partial charge in [0.05, 0.1) is 5.69 Å². The van der Waals surface area contributed by atoms with E-state index in [1.54, 1.807) is 6.07 Å². The third kappa shape index (κ3) is 3.68. The SMILES string of the molecule is Cc1ccc(O)c(CN(C)CC2CCCNC2)n1. The van der Waals surface area contributed by atoms with Gasteiger partial charge in [0.15, 0.2) is 0 Å². The maximum atomic E-state index is 9.79. The van der Waals surface area contributed by atoms with Gasteiger partial charge in [-0.15, -0.1) is 0 Å². The monoisotopic (exact) mass is 249 g/mol. The second-order valence-corrected chi connectivity index (χ2v) is 5.33. The highest BCUT2D eigenvalue weighted by Crippen LogP contribution is 2.18. The van der Waals surface area contributed by atoms with Gasteiger partial charge in [0, 0.05) is 18.8 Å². The fourth-order valence-electron chi connectivity index (χ4n) is 2.56. The van der Waals surface area contributed by atoms with Gasteiger partial charge < -0.3 is 15.3 Å². The van der Waals surface area contributed by atoms with Crippen LogP contribution in [-0.4, -0.2) is 41.7 Å². The van der Waals surface area contributed by atoms with E-state index in [0.29, 0.717) is 12.3 Å². The van der Waals surface area contributed by atoms with E-state index in [1.807, 2.05) is 13.0 Å². The molecule has 1 aromatic heterocycles. The first-order chi connectivity index (χ1) is 8.65. The number of nitrogens with one attached hydrogen (secondary N) is 1. The molecule has 1 aromatic rings. The second kappa shape index (κ2) is 6.16. The molecule has 1 aliphatic heterocycles. The lowest BCUT2D eigenvalue weighted by atomic mass is 9.99. The molecule has 0 radical (unpaired) electrons. The normalized spacial score (nSPS) is 20.3. The van der Waals surface area contributed by atoms with Crippen LogP contribution in [0.3, 0.4) is 0 Å². The Balaban J connectivity index is 1.89. The van der Waals surface area contributed by atoms with Crippen molar-refractivity contribution in [1.82, 2.24) is 15.2 Å². The molecule has 0 aliphatic carbocycles. The fraction of sp³-hybridized carbons (Fsp3) is 0.643. The van der Waals surface area contributed by atoms with E-state index in [2.05, 4.69) is 22.2 Å². The molecule has 100 valence electrons. The molecule has 0 saturated carbocycles. The number of aryl methyl sites for hydroxylation is 1. The van der Waals surface area contributed by atoms with Crippen molar-refractivity contribution in [2.45, 2.75) is 26.3 Å². The van der Waals surface area contributed by atoms with E-state index < -0.39 is 0 Å². The van der Waals surface area contributed by atoms with Crippen LogP contribution in [0.5, 0.6) is 5.75 Å². The lowest BCUT2D eigenvalue weighted by Gasteiger charge is -2.27. The third-order valence-electron chi connectivity index (χ3n) is 3.48. The summed E-state index contributed by atoms with van der Waals surface area (Å²) in [5.41, 5.74) is 1.73. The van der Waals surface area contributed by atoms with Gasteiger partial charge in [-0.05, 0) is 58.0 Å². The topological polar surface area (TPSA) is 48.4 Å². The molecule has 0 amide bonds. The van der Waals surface area contributed by atoms with Crippen molar-refractivity contribution in [3.63, 3.8) is 0 Å². The average molecular weight is 249 g/mol. The molecule has 4 nitrogen and oxygen atoms in total. The predicted octanol–water partition coefficient (Wildman–Crippen LogP) is 1.53. The summed E-state index contributed by atoms with van der Waals surface area (Å²) in [6.07, 6.45) is 2.57. The molecule has 0 bridgehead atoms. The van der Waals surface area contributed by atoms with Crippen LogP contribution >= 0.6 is 0 Å². The fourth-order valence-corrected chi connectivity index (χ4v) is 2.56. The number of rotatable bonds is 4. The molecule has 1 atom stereocenters. The van der Waals surface area contributed by atoms with Crippen molar-refractivity contribution in [3.05, 3.63) is 23.5 Å². The maximum Gasteiger partial charge on any atom is 0.138 e. The molecule has 1 aliphatic rings. The average Bonchev–Trinajstić information content (AvgIpc) is 2.35. The Morgan fingerprint density at radius 1 is 1.50 bits per heavy atom. The minimum Gasteiger partial charge on any atom is -0.506 e. The molecule has 2 rings (SSSR count). The summed E-state index contributed by atoms with van der Waals surface area (Å²) < 4.78 is 0. The molecule has 1 unspecified atom stereocenters. The number of hydrogen-bond acceptors (Lipinski definition) is 4. The van der Waals surface area contributed by atoms with Crippen molar-refractivity contribution >= 4 is 0 Å². The smallest absolute Gasteiger partial charge is 0.138 e. The molecule has 1 fully saturated rings. The third-order valence-corrected chi connectivity index (χ3v) is 3.48. The summed E-state index contributed by atoms with van der Waals surface area (Å²) in [5, 5.41) is 13.2. The lowest BCUT2D eigenvalue weighted by Crippen LogP contribution is -2.36. The molecule has 18 heavy (non-hydrogen) atoms. The number of aromatic hydroxyl groups is 1. The van der Waals surface area contributed by atoms with Crippen LogP contribution in [0.2, 0.25) is 0 Å². The molecular formula is C14H23N3O. The number of piperidine rings is 1. The number of hydrogen-bond donors (Lipinski definition) is 2. The highest BCUT2D eigenvalue weighted by Gasteiger charge is 2.16. The van der Waals surface area contributed by atoms with Crippen LogP contribution in [0.4, 0.5) is 0 Å². The first-order valence-electron chi connectivity index (χ1n) is 6.70.